The van der Waals surface area contributed by atoms with Crippen LogP contribution in [0.1, 0.15) is 0 Å². The van der Waals surface area contributed by atoms with Crippen molar-refractivity contribution < 1.29 is 26.0 Å². The summed E-state index contributed by atoms with van der Waals surface area (Å²) < 4.78 is 73.2. The van der Waals surface area contributed by atoms with Crippen molar-refractivity contribution in [3.05, 3.63) is 53.1 Å². The van der Waals surface area contributed by atoms with Crippen LogP contribution in [0.4, 0.5) is 4.39 Å². The van der Waals surface area contributed by atoms with E-state index in [1.54, 1.807) is 10.6 Å². The second kappa shape index (κ2) is 7.74. The minimum atomic E-state index is -4.07. The van der Waals surface area contributed by atoms with E-state index >= 15 is 0 Å². The van der Waals surface area contributed by atoms with Crippen molar-refractivity contribution in [3.8, 4) is 0 Å². The number of thiazole rings is 1. The second-order valence-electron chi connectivity index (χ2n) is 5.95. The maximum absolute atomic E-state index is 13.1. The number of benzene rings is 2. The number of sulfonamides is 1. The summed E-state index contributed by atoms with van der Waals surface area (Å²) in [5, 5.41) is 0. The molecule has 0 N–H and O–H groups in total. The Morgan fingerprint density at radius 3 is 2.32 bits per heavy atom. The Balaban J connectivity index is 2.23. The average molecular weight is 445 g/mol. The summed E-state index contributed by atoms with van der Waals surface area (Å²) in [5.41, 5.74) is 0.641. The number of ether oxygens (including phenoxy) is 1. The number of hydrogen-bond acceptors (Lipinski definition) is 6. The molecule has 0 bridgehead atoms. The van der Waals surface area contributed by atoms with E-state index in [1.165, 1.54) is 19.2 Å². The molecular formula is C17H17FN2O5S3. The predicted octanol–water partition coefficient (Wildman–Crippen LogP) is 2.18. The summed E-state index contributed by atoms with van der Waals surface area (Å²) in [6.07, 6.45) is 1.10. The highest BCUT2D eigenvalue weighted by molar-refractivity contribution is 7.90. The van der Waals surface area contributed by atoms with Gasteiger partial charge in [0.25, 0.3) is 10.0 Å². The molecule has 2 aromatic carbocycles. The normalized spacial score (nSPS) is 13.3. The molecule has 3 rings (SSSR count). The molecule has 0 aliphatic carbocycles. The zero-order valence-electron chi connectivity index (χ0n) is 15.0. The highest BCUT2D eigenvalue weighted by Crippen LogP contribution is 2.22. The van der Waals surface area contributed by atoms with Crippen LogP contribution < -0.4 is 4.80 Å². The van der Waals surface area contributed by atoms with Crippen molar-refractivity contribution in [1.82, 2.24) is 4.57 Å². The Kier molecular flexibility index (Phi) is 5.71. The molecule has 11 heteroatoms. The van der Waals surface area contributed by atoms with Gasteiger partial charge in [-0.05, 0) is 42.5 Å². The standard InChI is InChI=1S/C17H17FN2O5S3/c1-25-10-9-20-15-8-7-14(27(2,21)22)11-16(15)26-17(20)19-28(23,24)13-5-3-12(18)4-6-13/h3-8,11H,9-10H2,1-2H3. The quantitative estimate of drug-likeness (QED) is 0.581. The number of fused-ring (bicyclic) bond motifs is 1. The predicted molar refractivity (Wildman–Crippen MR) is 104 cm³/mol. The van der Waals surface area contributed by atoms with Gasteiger partial charge < -0.3 is 9.30 Å². The van der Waals surface area contributed by atoms with Crippen LogP contribution in [0.25, 0.3) is 10.2 Å². The number of hydrogen-bond donors (Lipinski definition) is 0. The summed E-state index contributed by atoms with van der Waals surface area (Å²) in [7, 11) is -5.97. The highest BCUT2D eigenvalue weighted by Gasteiger charge is 2.16. The van der Waals surface area contributed by atoms with Crippen LogP contribution >= 0.6 is 11.3 Å². The van der Waals surface area contributed by atoms with Gasteiger partial charge in [0.1, 0.15) is 5.82 Å². The van der Waals surface area contributed by atoms with E-state index in [2.05, 4.69) is 4.40 Å². The van der Waals surface area contributed by atoms with Crippen LogP contribution in [0.5, 0.6) is 0 Å². The molecule has 3 aromatic rings. The lowest BCUT2D eigenvalue weighted by Crippen LogP contribution is -2.19. The topological polar surface area (TPSA) is 94.8 Å². The summed E-state index contributed by atoms with van der Waals surface area (Å²) >= 11 is 1.05. The molecule has 0 radical (unpaired) electrons. The molecule has 0 atom stereocenters. The van der Waals surface area contributed by atoms with Crippen LogP contribution in [0.15, 0.2) is 56.7 Å². The van der Waals surface area contributed by atoms with E-state index in [4.69, 9.17) is 4.74 Å². The van der Waals surface area contributed by atoms with Crippen LogP contribution in [-0.4, -0.2) is 41.4 Å². The van der Waals surface area contributed by atoms with Gasteiger partial charge in [-0.1, -0.05) is 11.3 Å². The van der Waals surface area contributed by atoms with Crippen molar-refractivity contribution in [2.45, 2.75) is 16.3 Å². The number of aromatic nitrogens is 1. The highest BCUT2D eigenvalue weighted by atomic mass is 32.2. The molecule has 0 saturated heterocycles. The third-order valence-electron chi connectivity index (χ3n) is 3.91. The van der Waals surface area contributed by atoms with Crippen molar-refractivity contribution in [1.29, 1.82) is 0 Å². The first-order chi connectivity index (χ1) is 13.1. The molecule has 0 aliphatic heterocycles. The van der Waals surface area contributed by atoms with Crippen molar-refractivity contribution in [2.75, 3.05) is 20.0 Å². The Morgan fingerprint density at radius 1 is 1.07 bits per heavy atom. The van der Waals surface area contributed by atoms with Gasteiger partial charge in [0.15, 0.2) is 9.84 Å². The molecule has 0 unspecified atom stereocenters. The number of halogens is 1. The number of sulfone groups is 1. The summed E-state index contributed by atoms with van der Waals surface area (Å²) in [4.78, 5) is 0.164. The van der Waals surface area contributed by atoms with E-state index in [0.29, 0.717) is 23.4 Å². The third kappa shape index (κ3) is 4.32. The summed E-state index contributed by atoms with van der Waals surface area (Å²) in [6, 6.07) is 8.94. The summed E-state index contributed by atoms with van der Waals surface area (Å²) in [6.45, 7) is 0.635. The SMILES string of the molecule is COCCn1c(=NS(=O)(=O)c2ccc(F)cc2)sc2cc(S(C)(=O)=O)ccc21. The first-order valence-corrected chi connectivity index (χ1v) is 12.2. The van der Waals surface area contributed by atoms with E-state index < -0.39 is 25.7 Å². The second-order valence-corrected chi connectivity index (χ2v) is 10.6. The Labute approximate surface area is 165 Å². The minimum absolute atomic E-state index is 0.132. The molecule has 150 valence electrons. The van der Waals surface area contributed by atoms with E-state index in [1.807, 2.05) is 0 Å². The number of rotatable bonds is 6. The van der Waals surface area contributed by atoms with Crippen LogP contribution in [0.3, 0.4) is 0 Å². The lowest BCUT2D eigenvalue weighted by molar-refractivity contribution is 0.187. The van der Waals surface area contributed by atoms with Gasteiger partial charge in [0, 0.05) is 19.9 Å². The molecule has 0 amide bonds. The van der Waals surface area contributed by atoms with Gasteiger partial charge in [0.05, 0.1) is 26.6 Å². The van der Waals surface area contributed by atoms with Gasteiger partial charge in [-0.25, -0.2) is 12.8 Å². The molecular weight excluding hydrogens is 427 g/mol. The van der Waals surface area contributed by atoms with Crippen LogP contribution in [0.2, 0.25) is 0 Å². The monoisotopic (exact) mass is 444 g/mol. The average Bonchev–Trinajstić information content (AvgIpc) is 2.95. The fourth-order valence-corrected chi connectivity index (χ4v) is 5.54. The molecule has 1 aromatic heterocycles. The van der Waals surface area contributed by atoms with Crippen molar-refractivity contribution >= 4 is 41.4 Å². The molecule has 0 aliphatic rings. The Hall–Kier alpha value is -2.08. The van der Waals surface area contributed by atoms with E-state index in [0.717, 1.165) is 41.9 Å². The molecule has 0 spiro atoms. The fourth-order valence-electron chi connectivity index (χ4n) is 2.51. The smallest absolute Gasteiger partial charge is 0.285 e. The molecule has 0 fully saturated rings. The van der Waals surface area contributed by atoms with Gasteiger partial charge in [-0.15, -0.1) is 4.40 Å². The van der Waals surface area contributed by atoms with Crippen LogP contribution in [0, 0.1) is 5.82 Å². The van der Waals surface area contributed by atoms with Crippen LogP contribution in [-0.2, 0) is 31.1 Å². The van der Waals surface area contributed by atoms with Gasteiger partial charge >= 0.3 is 0 Å². The maximum atomic E-state index is 13.1. The first kappa shape index (κ1) is 20.6. The molecule has 28 heavy (non-hydrogen) atoms. The Morgan fingerprint density at radius 2 is 1.71 bits per heavy atom. The van der Waals surface area contributed by atoms with E-state index in [-0.39, 0.29) is 14.6 Å². The van der Waals surface area contributed by atoms with Gasteiger partial charge in [-0.3, -0.25) is 0 Å². The number of nitrogens with zero attached hydrogens (tertiary/aromatic N) is 2. The maximum Gasteiger partial charge on any atom is 0.285 e. The zero-order valence-corrected chi connectivity index (χ0v) is 17.4. The van der Waals surface area contributed by atoms with Gasteiger partial charge in [-0.2, -0.15) is 8.42 Å². The number of methoxy groups -OCH3 is 1. The van der Waals surface area contributed by atoms with Crippen molar-refractivity contribution in [2.24, 2.45) is 4.40 Å². The fraction of sp³-hybridized carbons (Fsp3) is 0.235. The third-order valence-corrected chi connectivity index (χ3v) is 7.46. The first-order valence-electron chi connectivity index (χ1n) is 8.01. The summed E-state index contributed by atoms with van der Waals surface area (Å²) in [5.74, 6) is -0.552. The molecule has 0 saturated carbocycles. The zero-order chi connectivity index (χ0) is 20.5. The lowest BCUT2D eigenvalue weighted by Gasteiger charge is -2.05. The largest absolute Gasteiger partial charge is 0.383 e. The molecule has 7 nitrogen and oxygen atoms in total. The lowest BCUT2D eigenvalue weighted by atomic mass is 10.3. The Bertz CT molecular complexity index is 1290. The van der Waals surface area contributed by atoms with Crippen molar-refractivity contribution in [3.63, 3.8) is 0 Å². The van der Waals surface area contributed by atoms with E-state index in [9.17, 15) is 21.2 Å². The molecule has 1 heterocycles. The van der Waals surface area contributed by atoms with Gasteiger partial charge in [0.2, 0.25) is 4.80 Å². The minimum Gasteiger partial charge on any atom is -0.383 e.